The van der Waals surface area contributed by atoms with Crippen molar-refractivity contribution in [1.82, 2.24) is 4.83 Å². The van der Waals surface area contributed by atoms with Gasteiger partial charge in [0.1, 0.15) is 12.4 Å². The number of ether oxygens (including phenoxy) is 1. The first-order valence-corrected chi connectivity index (χ1v) is 10.4. The number of aryl methyl sites for hydroxylation is 1. The van der Waals surface area contributed by atoms with Crippen LogP contribution in [0, 0.1) is 17.0 Å². The van der Waals surface area contributed by atoms with Gasteiger partial charge in [0.15, 0.2) is 0 Å². The molecule has 0 fully saturated rings. The van der Waals surface area contributed by atoms with Crippen LogP contribution in [0.1, 0.15) is 16.7 Å². The third kappa shape index (κ3) is 5.65. The SMILES string of the molecule is Cc1ccc(S(=O)(=O)N/N=C\c2ccc(OCc3ccc([N+](=O)[O-])cc3)cc2)cc1. The highest BCUT2D eigenvalue weighted by Crippen LogP contribution is 2.16. The van der Waals surface area contributed by atoms with Gasteiger partial charge in [0.05, 0.1) is 16.0 Å². The van der Waals surface area contributed by atoms with Crippen LogP contribution in [0.3, 0.4) is 0 Å². The fraction of sp³-hybridized carbons (Fsp3) is 0.0952. The van der Waals surface area contributed by atoms with Crippen molar-refractivity contribution in [2.24, 2.45) is 5.10 Å². The molecule has 154 valence electrons. The first kappa shape index (κ1) is 21.0. The monoisotopic (exact) mass is 425 g/mol. The lowest BCUT2D eigenvalue weighted by molar-refractivity contribution is -0.384. The van der Waals surface area contributed by atoms with Gasteiger partial charge < -0.3 is 4.74 Å². The summed E-state index contributed by atoms with van der Waals surface area (Å²) in [6, 6.07) is 19.5. The van der Waals surface area contributed by atoms with Crippen molar-refractivity contribution in [2.75, 3.05) is 0 Å². The van der Waals surface area contributed by atoms with E-state index in [2.05, 4.69) is 9.93 Å². The number of hydrazone groups is 1. The van der Waals surface area contributed by atoms with E-state index in [0.717, 1.165) is 11.1 Å². The normalized spacial score (nSPS) is 11.4. The number of benzene rings is 3. The molecule has 0 saturated carbocycles. The lowest BCUT2D eigenvalue weighted by Crippen LogP contribution is -2.18. The van der Waals surface area contributed by atoms with Gasteiger partial charge in [0, 0.05) is 12.1 Å². The van der Waals surface area contributed by atoms with Crippen LogP contribution in [0.25, 0.3) is 0 Å². The van der Waals surface area contributed by atoms with Gasteiger partial charge in [0.25, 0.3) is 15.7 Å². The Bertz CT molecular complexity index is 1140. The average Bonchev–Trinajstić information content (AvgIpc) is 2.73. The van der Waals surface area contributed by atoms with Crippen molar-refractivity contribution in [1.29, 1.82) is 0 Å². The van der Waals surface area contributed by atoms with Crippen LogP contribution >= 0.6 is 0 Å². The highest BCUT2D eigenvalue weighted by atomic mass is 32.2. The summed E-state index contributed by atoms with van der Waals surface area (Å²) < 4.78 is 30.0. The molecule has 0 bridgehead atoms. The van der Waals surface area contributed by atoms with Gasteiger partial charge >= 0.3 is 0 Å². The zero-order valence-corrected chi connectivity index (χ0v) is 16.9. The highest BCUT2D eigenvalue weighted by Gasteiger charge is 2.11. The molecule has 3 rings (SSSR count). The fourth-order valence-electron chi connectivity index (χ4n) is 2.47. The smallest absolute Gasteiger partial charge is 0.276 e. The minimum atomic E-state index is -3.72. The number of hydrogen-bond acceptors (Lipinski definition) is 6. The first-order valence-electron chi connectivity index (χ1n) is 8.91. The van der Waals surface area contributed by atoms with E-state index in [-0.39, 0.29) is 17.2 Å². The Hall–Kier alpha value is -3.72. The number of rotatable bonds is 8. The Labute approximate surface area is 174 Å². The molecule has 0 aliphatic heterocycles. The zero-order valence-electron chi connectivity index (χ0n) is 16.1. The molecule has 8 nitrogen and oxygen atoms in total. The average molecular weight is 425 g/mol. The Kier molecular flexibility index (Phi) is 6.43. The molecule has 0 heterocycles. The van der Waals surface area contributed by atoms with E-state index in [9.17, 15) is 18.5 Å². The second-order valence-electron chi connectivity index (χ2n) is 6.45. The Balaban J connectivity index is 1.55. The van der Waals surface area contributed by atoms with Crippen molar-refractivity contribution in [3.05, 3.63) is 99.6 Å². The summed E-state index contributed by atoms with van der Waals surface area (Å²) in [6.45, 7) is 2.14. The Morgan fingerprint density at radius 3 is 2.23 bits per heavy atom. The van der Waals surface area contributed by atoms with E-state index in [1.54, 1.807) is 48.5 Å². The summed E-state index contributed by atoms with van der Waals surface area (Å²) in [5.41, 5.74) is 2.48. The van der Waals surface area contributed by atoms with Gasteiger partial charge in [-0.3, -0.25) is 10.1 Å². The lowest BCUT2D eigenvalue weighted by atomic mass is 10.2. The van der Waals surface area contributed by atoms with Crippen molar-refractivity contribution in [3.8, 4) is 5.75 Å². The van der Waals surface area contributed by atoms with Crippen LogP contribution in [0.15, 0.2) is 82.8 Å². The van der Waals surface area contributed by atoms with Crippen molar-refractivity contribution < 1.29 is 18.1 Å². The summed E-state index contributed by atoms with van der Waals surface area (Å²) in [4.78, 5) is 12.5. The molecule has 0 atom stereocenters. The maximum Gasteiger partial charge on any atom is 0.276 e. The van der Waals surface area contributed by atoms with Gasteiger partial charge in [-0.05, 0) is 66.6 Å². The maximum atomic E-state index is 12.2. The molecule has 0 amide bonds. The minimum absolute atomic E-state index is 0.0281. The molecule has 9 heteroatoms. The second kappa shape index (κ2) is 9.19. The van der Waals surface area contributed by atoms with Crippen molar-refractivity contribution in [3.63, 3.8) is 0 Å². The molecule has 0 aliphatic rings. The topological polar surface area (TPSA) is 111 Å². The first-order chi connectivity index (χ1) is 14.3. The largest absolute Gasteiger partial charge is 0.489 e. The molecule has 3 aromatic carbocycles. The molecule has 0 spiro atoms. The summed E-state index contributed by atoms with van der Waals surface area (Å²) in [5, 5.41) is 14.5. The van der Waals surface area contributed by atoms with Crippen LogP contribution in [-0.4, -0.2) is 19.6 Å². The van der Waals surface area contributed by atoms with E-state index < -0.39 is 14.9 Å². The number of nitrogens with zero attached hydrogens (tertiary/aromatic N) is 2. The van der Waals surface area contributed by atoms with Crippen LogP contribution in [0.2, 0.25) is 0 Å². The van der Waals surface area contributed by atoms with E-state index in [0.29, 0.717) is 11.3 Å². The van der Waals surface area contributed by atoms with Crippen molar-refractivity contribution >= 4 is 21.9 Å². The molecule has 0 radical (unpaired) electrons. The quantitative estimate of drug-likeness (QED) is 0.335. The maximum absolute atomic E-state index is 12.2. The zero-order chi connectivity index (χ0) is 21.6. The molecule has 0 aromatic heterocycles. The summed E-state index contributed by atoms with van der Waals surface area (Å²) >= 11 is 0. The van der Waals surface area contributed by atoms with E-state index >= 15 is 0 Å². The third-order valence-electron chi connectivity index (χ3n) is 4.15. The Morgan fingerprint density at radius 2 is 1.63 bits per heavy atom. The predicted octanol–water partition coefficient (Wildman–Crippen LogP) is 3.79. The molecule has 1 N–H and O–H groups in total. The van der Waals surface area contributed by atoms with Gasteiger partial charge in [-0.15, -0.1) is 0 Å². The fourth-order valence-corrected chi connectivity index (χ4v) is 3.26. The number of hydrogen-bond donors (Lipinski definition) is 1. The van der Waals surface area contributed by atoms with E-state index in [1.807, 2.05) is 6.92 Å². The van der Waals surface area contributed by atoms with Gasteiger partial charge in [-0.2, -0.15) is 13.5 Å². The van der Waals surface area contributed by atoms with Crippen LogP contribution in [0.5, 0.6) is 5.75 Å². The minimum Gasteiger partial charge on any atom is -0.489 e. The summed E-state index contributed by atoms with van der Waals surface area (Å²) in [7, 11) is -3.72. The van der Waals surface area contributed by atoms with E-state index in [1.165, 1.54) is 30.5 Å². The van der Waals surface area contributed by atoms with Crippen LogP contribution in [0.4, 0.5) is 5.69 Å². The molecule has 0 saturated heterocycles. The summed E-state index contributed by atoms with van der Waals surface area (Å²) in [5.74, 6) is 0.603. The second-order valence-corrected chi connectivity index (χ2v) is 8.11. The number of nitrogens with one attached hydrogen (secondary N) is 1. The van der Waals surface area contributed by atoms with Gasteiger partial charge in [-0.1, -0.05) is 17.7 Å². The molecule has 30 heavy (non-hydrogen) atoms. The molecule has 0 unspecified atom stereocenters. The Morgan fingerprint density at radius 1 is 1.00 bits per heavy atom. The number of non-ortho nitro benzene ring substituents is 1. The molecular formula is C21H19N3O5S. The number of nitro groups is 1. The van der Waals surface area contributed by atoms with Gasteiger partial charge in [0.2, 0.25) is 0 Å². The van der Waals surface area contributed by atoms with Crippen LogP contribution < -0.4 is 9.57 Å². The van der Waals surface area contributed by atoms with Crippen molar-refractivity contribution in [2.45, 2.75) is 18.4 Å². The standard InChI is InChI=1S/C21H19N3O5S/c1-16-2-12-21(13-3-16)30(27,28)23-22-14-17-6-10-20(11-7-17)29-15-18-4-8-19(9-5-18)24(25)26/h2-14,23H,15H2,1H3/b22-14-. The molecule has 3 aromatic rings. The van der Waals surface area contributed by atoms with Crippen LogP contribution in [-0.2, 0) is 16.6 Å². The highest BCUT2D eigenvalue weighted by molar-refractivity contribution is 7.89. The molecular weight excluding hydrogens is 406 g/mol. The van der Waals surface area contributed by atoms with Gasteiger partial charge in [-0.25, -0.2) is 4.83 Å². The van der Waals surface area contributed by atoms with E-state index in [4.69, 9.17) is 4.74 Å². The summed E-state index contributed by atoms with van der Waals surface area (Å²) in [6.07, 6.45) is 1.39. The lowest BCUT2D eigenvalue weighted by Gasteiger charge is -2.06. The molecule has 0 aliphatic carbocycles. The number of sulfonamides is 1. The predicted molar refractivity (Wildman–Crippen MR) is 113 cm³/mol. The third-order valence-corrected chi connectivity index (χ3v) is 5.39. The number of nitro benzene ring substituents is 1.